The molecule has 0 amide bonds. The largest absolute Gasteiger partial charge is 0.554 e. The topological polar surface area (TPSA) is 58.9 Å². The van der Waals surface area contributed by atoms with Gasteiger partial charge in [0.15, 0.2) is 0 Å². The summed E-state index contributed by atoms with van der Waals surface area (Å²) in [5.74, 6) is 0. The van der Waals surface area contributed by atoms with E-state index in [4.69, 9.17) is 22.1 Å². The van der Waals surface area contributed by atoms with Crippen LogP contribution in [0.25, 0.3) is 0 Å². The van der Waals surface area contributed by atoms with Crippen LogP contribution < -0.4 is 5.46 Å². The maximum absolute atomic E-state index is 8.24. The molecule has 0 aromatic heterocycles. The van der Waals surface area contributed by atoms with Crippen molar-refractivity contribution in [3.63, 3.8) is 0 Å². The van der Waals surface area contributed by atoms with Gasteiger partial charge in [0, 0.05) is 5.02 Å². The van der Waals surface area contributed by atoms with Crippen LogP contribution in [0.3, 0.4) is 0 Å². The van der Waals surface area contributed by atoms with Gasteiger partial charge in [0.25, 0.3) is 0 Å². The highest BCUT2D eigenvalue weighted by molar-refractivity contribution is 6.61. The van der Waals surface area contributed by atoms with Gasteiger partial charge in [0.1, 0.15) is 0 Å². The summed E-state index contributed by atoms with van der Waals surface area (Å²) in [7, 11) is -1.22. The van der Waals surface area contributed by atoms with Crippen LogP contribution in [-0.2, 0) is 9.61 Å². The minimum Gasteiger partial charge on any atom is -0.264 e. The molecule has 64 valence electrons. The van der Waals surface area contributed by atoms with E-state index < -0.39 is 7.12 Å². The molecule has 0 saturated heterocycles. The van der Waals surface area contributed by atoms with E-state index in [-0.39, 0.29) is 0 Å². The summed E-state index contributed by atoms with van der Waals surface area (Å²) < 4.78 is 0. The lowest BCUT2D eigenvalue weighted by Crippen LogP contribution is -2.34. The average molecular weight is 188 g/mol. The smallest absolute Gasteiger partial charge is 0.264 e. The summed E-state index contributed by atoms with van der Waals surface area (Å²) in [6.07, 6.45) is 0. The van der Waals surface area contributed by atoms with Crippen LogP contribution in [0.15, 0.2) is 24.3 Å². The van der Waals surface area contributed by atoms with Crippen molar-refractivity contribution in [2.45, 2.75) is 0 Å². The van der Waals surface area contributed by atoms with Crippen molar-refractivity contribution in [1.82, 2.24) is 0 Å². The zero-order valence-corrected chi connectivity index (χ0v) is 6.73. The molecule has 12 heavy (non-hydrogen) atoms. The molecule has 0 aliphatic carbocycles. The summed E-state index contributed by atoms with van der Waals surface area (Å²) in [5.41, 5.74) is 0.424. The average Bonchev–Trinajstić information content (AvgIpc) is 2.07. The van der Waals surface area contributed by atoms with Crippen LogP contribution in [0.4, 0.5) is 0 Å². The van der Waals surface area contributed by atoms with E-state index in [1.807, 2.05) is 0 Å². The molecule has 0 radical (unpaired) electrons. The van der Waals surface area contributed by atoms with Gasteiger partial charge in [-0.1, -0.05) is 23.7 Å². The lowest BCUT2D eigenvalue weighted by atomic mass is 9.80. The molecule has 0 fully saturated rings. The summed E-state index contributed by atoms with van der Waals surface area (Å²) >= 11 is 5.63. The summed E-state index contributed by atoms with van der Waals surface area (Å²) in [6.45, 7) is 0. The van der Waals surface area contributed by atoms with Crippen LogP contribution in [0.5, 0.6) is 0 Å². The Bertz CT molecular complexity index is 253. The second-order valence-corrected chi connectivity index (χ2v) is 2.53. The Morgan fingerprint density at radius 3 is 2.42 bits per heavy atom. The van der Waals surface area contributed by atoms with E-state index in [1.54, 1.807) is 18.2 Å². The molecule has 0 spiro atoms. The molecule has 0 bridgehead atoms. The molecule has 0 unspecified atom stereocenters. The summed E-state index contributed by atoms with van der Waals surface area (Å²) in [4.78, 5) is 7.62. The first kappa shape index (κ1) is 9.50. The molecule has 0 aliphatic heterocycles. The molecule has 0 aliphatic rings. The Morgan fingerprint density at radius 2 is 1.92 bits per heavy atom. The minimum atomic E-state index is -1.22. The highest BCUT2D eigenvalue weighted by Gasteiger charge is 2.21. The first-order valence-electron chi connectivity index (χ1n) is 3.14. The molecule has 2 N–H and O–H groups in total. The number of benzene rings is 1. The number of rotatable bonds is 3. The van der Waals surface area contributed by atoms with E-state index in [9.17, 15) is 0 Å². The van der Waals surface area contributed by atoms with Gasteiger partial charge in [0.05, 0.1) is 0 Å². The highest BCUT2D eigenvalue weighted by Crippen LogP contribution is 2.04. The Balaban J connectivity index is 2.85. The quantitative estimate of drug-likeness (QED) is 0.422. The minimum absolute atomic E-state index is 0.424. The van der Waals surface area contributed by atoms with Gasteiger partial charge in [-0.15, -0.1) is 0 Å². The third-order valence-electron chi connectivity index (χ3n) is 1.31. The second-order valence-electron chi connectivity index (χ2n) is 2.10. The molecular weight excluding hydrogens is 182 g/mol. The zero-order chi connectivity index (χ0) is 8.97. The van der Waals surface area contributed by atoms with Gasteiger partial charge in [-0.05, 0) is 17.6 Å². The van der Waals surface area contributed by atoms with Gasteiger partial charge >= 0.3 is 7.12 Å². The predicted molar refractivity (Wildman–Crippen MR) is 44.3 cm³/mol. The fraction of sp³-hybridized carbons (Fsp3) is 0. The number of hydrogen-bond donors (Lipinski definition) is 2. The maximum Gasteiger partial charge on any atom is 0.554 e. The summed E-state index contributed by atoms with van der Waals surface area (Å²) in [5, 5.41) is 16.9. The molecular formula is C6H6BClO4. The normalized spacial score (nSPS) is 9.92. The standard InChI is InChI=1S/C6H6BClO4/c8-6-3-1-2-5(4-6)7(11-9)12-10/h1-4,9-10H. The van der Waals surface area contributed by atoms with Gasteiger partial charge in [-0.3, -0.25) is 20.1 Å². The maximum atomic E-state index is 8.24. The first-order valence-corrected chi connectivity index (χ1v) is 3.51. The van der Waals surface area contributed by atoms with Crippen LogP contribution in [0, 0.1) is 0 Å². The van der Waals surface area contributed by atoms with Crippen molar-refractivity contribution in [3.05, 3.63) is 29.3 Å². The highest BCUT2D eigenvalue weighted by atomic mass is 35.5. The van der Waals surface area contributed by atoms with Gasteiger partial charge < -0.3 is 0 Å². The third kappa shape index (κ3) is 2.20. The van der Waals surface area contributed by atoms with Crippen molar-refractivity contribution in [3.8, 4) is 0 Å². The predicted octanol–water partition coefficient (Wildman–Crippen LogP) is 1.01. The van der Waals surface area contributed by atoms with Crippen molar-refractivity contribution in [2.75, 3.05) is 0 Å². The Labute approximate surface area is 74.3 Å². The Hall–Kier alpha value is -0.585. The Kier molecular flexibility index (Phi) is 3.52. The molecule has 6 heteroatoms. The van der Waals surface area contributed by atoms with Crippen LogP contribution in [0.2, 0.25) is 5.02 Å². The molecule has 0 heterocycles. The molecule has 1 aromatic rings. The van der Waals surface area contributed by atoms with Crippen LogP contribution in [-0.4, -0.2) is 17.6 Å². The van der Waals surface area contributed by atoms with E-state index in [0.717, 1.165) is 0 Å². The van der Waals surface area contributed by atoms with E-state index in [2.05, 4.69) is 9.61 Å². The van der Waals surface area contributed by atoms with Gasteiger partial charge in [0.2, 0.25) is 0 Å². The number of hydrogen-bond acceptors (Lipinski definition) is 4. The fourth-order valence-corrected chi connectivity index (χ4v) is 0.993. The molecule has 0 saturated carbocycles. The summed E-state index contributed by atoms with van der Waals surface area (Å²) in [6, 6.07) is 6.38. The third-order valence-corrected chi connectivity index (χ3v) is 1.55. The SMILES string of the molecule is OOB(OO)c1cccc(Cl)c1. The zero-order valence-electron chi connectivity index (χ0n) is 5.98. The van der Waals surface area contributed by atoms with Crippen molar-refractivity contribution in [2.24, 2.45) is 0 Å². The molecule has 4 nitrogen and oxygen atoms in total. The van der Waals surface area contributed by atoms with E-state index in [0.29, 0.717) is 10.5 Å². The van der Waals surface area contributed by atoms with Crippen molar-refractivity contribution in [1.29, 1.82) is 0 Å². The van der Waals surface area contributed by atoms with Crippen LogP contribution in [0.1, 0.15) is 0 Å². The van der Waals surface area contributed by atoms with Crippen molar-refractivity contribution >= 4 is 24.2 Å². The Morgan fingerprint density at radius 1 is 1.25 bits per heavy atom. The first-order chi connectivity index (χ1) is 5.77. The lowest BCUT2D eigenvalue weighted by Gasteiger charge is -2.04. The van der Waals surface area contributed by atoms with E-state index >= 15 is 0 Å². The molecule has 1 aromatic carbocycles. The van der Waals surface area contributed by atoms with E-state index in [1.165, 1.54) is 6.07 Å². The van der Waals surface area contributed by atoms with Gasteiger partial charge in [-0.2, -0.15) is 0 Å². The van der Waals surface area contributed by atoms with Gasteiger partial charge in [-0.25, -0.2) is 0 Å². The second kappa shape index (κ2) is 4.44. The van der Waals surface area contributed by atoms with Crippen molar-refractivity contribution < 1.29 is 20.1 Å². The van der Waals surface area contributed by atoms with Crippen LogP contribution >= 0.6 is 11.6 Å². The molecule has 0 atom stereocenters. The number of halogens is 1. The lowest BCUT2D eigenvalue weighted by molar-refractivity contribution is -0.221. The monoisotopic (exact) mass is 188 g/mol. The fourth-order valence-electron chi connectivity index (χ4n) is 0.794. The molecule has 1 rings (SSSR count).